The summed E-state index contributed by atoms with van der Waals surface area (Å²) < 4.78 is 1.88. The summed E-state index contributed by atoms with van der Waals surface area (Å²) in [7, 11) is 0. The standard InChI is InChI=1S/C26H37N7S/c1-14(2)20-21(19-11-33-23(27-13-28-33)18(7)17(19)6)29-24-22(20)30-25(34-24)31-12-26(8,9)32(15(3)4)10-16(31)5/h11,13-16,29H,10,12H2,1-9H3/t16-/m0/s1. The normalized spacial score (nSPS) is 19.4. The molecule has 1 saturated heterocycles. The third-order valence-corrected chi connectivity index (χ3v) is 8.56. The van der Waals surface area contributed by atoms with Crippen molar-refractivity contribution in [3.63, 3.8) is 0 Å². The van der Waals surface area contributed by atoms with Crippen LogP contribution in [0, 0.1) is 13.8 Å². The molecule has 4 aromatic heterocycles. The molecule has 0 bridgehead atoms. The van der Waals surface area contributed by atoms with Gasteiger partial charge in [-0.15, -0.1) is 0 Å². The zero-order valence-electron chi connectivity index (χ0n) is 21.9. The third-order valence-electron chi connectivity index (χ3n) is 7.55. The van der Waals surface area contributed by atoms with Crippen LogP contribution in [-0.4, -0.2) is 60.2 Å². The van der Waals surface area contributed by atoms with Crippen LogP contribution in [0.5, 0.6) is 0 Å². The van der Waals surface area contributed by atoms with E-state index in [4.69, 9.17) is 4.98 Å². The fraction of sp³-hybridized carbons (Fsp3) is 0.577. The number of anilines is 1. The van der Waals surface area contributed by atoms with Crippen molar-refractivity contribution < 1.29 is 0 Å². The minimum atomic E-state index is 0.105. The van der Waals surface area contributed by atoms with Gasteiger partial charge in [-0.05, 0) is 65.5 Å². The number of nitrogens with zero attached hydrogens (tertiary/aromatic N) is 6. The van der Waals surface area contributed by atoms with E-state index in [1.54, 1.807) is 17.7 Å². The molecular formula is C26H37N7S. The van der Waals surface area contributed by atoms with Gasteiger partial charge < -0.3 is 9.88 Å². The van der Waals surface area contributed by atoms with E-state index < -0.39 is 0 Å². The Morgan fingerprint density at radius 1 is 1.15 bits per heavy atom. The van der Waals surface area contributed by atoms with E-state index in [1.807, 2.05) is 4.52 Å². The summed E-state index contributed by atoms with van der Waals surface area (Å²) in [6, 6.07) is 0.960. The molecule has 0 aliphatic carbocycles. The number of aromatic nitrogens is 5. The largest absolute Gasteiger partial charge is 0.344 e. The summed E-state index contributed by atoms with van der Waals surface area (Å²) in [5.41, 5.74) is 8.14. The number of H-pyrrole nitrogens is 1. The number of aryl methyl sites for hydroxylation is 1. The quantitative estimate of drug-likeness (QED) is 0.402. The van der Waals surface area contributed by atoms with Crippen LogP contribution in [0.25, 0.3) is 27.3 Å². The van der Waals surface area contributed by atoms with Gasteiger partial charge in [0.2, 0.25) is 0 Å². The van der Waals surface area contributed by atoms with Crippen LogP contribution < -0.4 is 4.90 Å². The van der Waals surface area contributed by atoms with Crippen LogP contribution in [-0.2, 0) is 0 Å². The van der Waals surface area contributed by atoms with Crippen molar-refractivity contribution in [2.24, 2.45) is 0 Å². The zero-order chi connectivity index (χ0) is 24.5. The van der Waals surface area contributed by atoms with Crippen molar-refractivity contribution >= 4 is 32.5 Å². The van der Waals surface area contributed by atoms with E-state index in [2.05, 4.69) is 93.4 Å². The molecule has 0 aromatic carbocycles. The van der Waals surface area contributed by atoms with Gasteiger partial charge in [-0.3, -0.25) is 4.90 Å². The van der Waals surface area contributed by atoms with Crippen LogP contribution in [0.1, 0.15) is 71.1 Å². The Balaban J connectivity index is 1.60. The molecule has 1 aliphatic heterocycles. The Bertz CT molecular complexity index is 1360. The summed E-state index contributed by atoms with van der Waals surface area (Å²) in [6.07, 6.45) is 3.72. The van der Waals surface area contributed by atoms with Gasteiger partial charge in [-0.1, -0.05) is 25.2 Å². The molecule has 0 radical (unpaired) electrons. The number of pyridine rings is 1. The lowest BCUT2D eigenvalue weighted by Gasteiger charge is -2.52. The highest BCUT2D eigenvalue weighted by Crippen LogP contribution is 2.42. The Labute approximate surface area is 206 Å². The lowest BCUT2D eigenvalue weighted by atomic mass is 9.94. The van der Waals surface area contributed by atoms with Crippen LogP contribution in [0.15, 0.2) is 12.5 Å². The van der Waals surface area contributed by atoms with Crippen LogP contribution >= 0.6 is 11.3 Å². The van der Waals surface area contributed by atoms with E-state index in [1.165, 1.54) is 16.7 Å². The van der Waals surface area contributed by atoms with Crippen LogP contribution in [0.3, 0.4) is 0 Å². The average molecular weight is 480 g/mol. The molecule has 34 heavy (non-hydrogen) atoms. The Morgan fingerprint density at radius 2 is 1.88 bits per heavy atom. The van der Waals surface area contributed by atoms with Crippen molar-refractivity contribution in [2.45, 2.75) is 85.9 Å². The van der Waals surface area contributed by atoms with Gasteiger partial charge in [-0.25, -0.2) is 14.5 Å². The molecule has 5 rings (SSSR count). The van der Waals surface area contributed by atoms with E-state index in [9.17, 15) is 0 Å². The fourth-order valence-corrected chi connectivity index (χ4v) is 6.77. The molecule has 0 saturated carbocycles. The number of hydrogen-bond acceptors (Lipinski definition) is 6. The van der Waals surface area contributed by atoms with Crippen LogP contribution in [0.2, 0.25) is 0 Å². The molecule has 0 unspecified atom stereocenters. The van der Waals surface area contributed by atoms with E-state index in [0.717, 1.165) is 45.5 Å². The van der Waals surface area contributed by atoms with Crippen molar-refractivity contribution in [1.82, 2.24) is 29.5 Å². The van der Waals surface area contributed by atoms with E-state index in [-0.39, 0.29) is 5.54 Å². The highest BCUT2D eigenvalue weighted by atomic mass is 32.1. The van der Waals surface area contributed by atoms with Crippen molar-refractivity contribution in [3.8, 4) is 11.3 Å². The highest BCUT2D eigenvalue weighted by Gasteiger charge is 2.39. The second-order valence-corrected chi connectivity index (χ2v) is 12.1. The summed E-state index contributed by atoms with van der Waals surface area (Å²) in [6.45, 7) is 22.5. The van der Waals surface area contributed by atoms with Gasteiger partial charge in [0.25, 0.3) is 0 Å². The smallest absolute Gasteiger partial charge is 0.188 e. The molecule has 4 aromatic rings. The first-order valence-electron chi connectivity index (χ1n) is 12.3. The Morgan fingerprint density at radius 3 is 2.56 bits per heavy atom. The second kappa shape index (κ2) is 8.05. The SMILES string of the molecule is Cc1c(-c2[nH]c3sc(N4CC(C)(C)N(C(C)C)C[C@@H]4C)nc3c2C(C)C)cn2ncnc2c1C. The average Bonchev–Trinajstić information content (AvgIpc) is 3.45. The maximum atomic E-state index is 5.25. The molecule has 7 nitrogen and oxygen atoms in total. The van der Waals surface area contributed by atoms with E-state index >= 15 is 0 Å². The lowest BCUT2D eigenvalue weighted by Crippen LogP contribution is -2.64. The maximum Gasteiger partial charge on any atom is 0.188 e. The zero-order valence-corrected chi connectivity index (χ0v) is 22.7. The predicted molar refractivity (Wildman–Crippen MR) is 142 cm³/mol. The van der Waals surface area contributed by atoms with Gasteiger partial charge in [0.15, 0.2) is 10.8 Å². The van der Waals surface area contributed by atoms with Gasteiger partial charge in [0.05, 0.1) is 5.69 Å². The second-order valence-electron chi connectivity index (χ2n) is 11.1. The first-order chi connectivity index (χ1) is 16.0. The van der Waals surface area contributed by atoms with Crippen LogP contribution in [0.4, 0.5) is 5.13 Å². The Kier molecular flexibility index (Phi) is 5.52. The summed E-state index contributed by atoms with van der Waals surface area (Å²) in [5.74, 6) is 0.344. The number of hydrogen-bond donors (Lipinski definition) is 1. The van der Waals surface area contributed by atoms with Gasteiger partial charge in [0, 0.05) is 48.0 Å². The lowest BCUT2D eigenvalue weighted by molar-refractivity contribution is 0.0561. The van der Waals surface area contributed by atoms with Crippen molar-refractivity contribution in [1.29, 1.82) is 0 Å². The minimum absolute atomic E-state index is 0.105. The van der Waals surface area contributed by atoms with Gasteiger partial charge in [-0.2, -0.15) is 5.10 Å². The summed E-state index contributed by atoms with van der Waals surface area (Å²) in [5, 5.41) is 5.53. The molecule has 0 spiro atoms. The third kappa shape index (κ3) is 3.53. The molecule has 1 aliphatic rings. The first-order valence-corrected chi connectivity index (χ1v) is 13.2. The molecule has 5 heterocycles. The van der Waals surface area contributed by atoms with E-state index in [0.29, 0.717) is 18.0 Å². The number of rotatable bonds is 4. The molecule has 1 atom stereocenters. The monoisotopic (exact) mass is 479 g/mol. The maximum absolute atomic E-state index is 5.25. The molecular weight excluding hydrogens is 442 g/mol. The minimum Gasteiger partial charge on any atom is -0.344 e. The predicted octanol–water partition coefficient (Wildman–Crippen LogP) is 5.77. The summed E-state index contributed by atoms with van der Waals surface area (Å²) >= 11 is 1.79. The topological polar surface area (TPSA) is 65.4 Å². The fourth-order valence-electron chi connectivity index (χ4n) is 5.69. The summed E-state index contributed by atoms with van der Waals surface area (Å²) in [4.78, 5) is 19.7. The number of thiazole rings is 1. The number of piperazine rings is 1. The van der Waals surface area contributed by atoms with Gasteiger partial charge in [0.1, 0.15) is 16.7 Å². The van der Waals surface area contributed by atoms with Crippen molar-refractivity contribution in [3.05, 3.63) is 29.2 Å². The molecule has 1 N–H and O–H groups in total. The molecule has 8 heteroatoms. The molecule has 0 amide bonds. The number of nitrogens with one attached hydrogen (secondary N) is 1. The molecule has 1 fully saturated rings. The van der Waals surface area contributed by atoms with Gasteiger partial charge >= 0.3 is 0 Å². The highest BCUT2D eigenvalue weighted by molar-refractivity contribution is 7.21. The number of fused-ring (bicyclic) bond motifs is 2. The Hall–Kier alpha value is -2.45. The number of aromatic amines is 1. The molecule has 182 valence electrons. The first kappa shape index (κ1) is 23.3. The van der Waals surface area contributed by atoms with Crippen molar-refractivity contribution in [2.75, 3.05) is 18.0 Å².